The maximum Gasteiger partial charge on any atom is 0.217 e. The first-order chi connectivity index (χ1) is 11.3. The van der Waals surface area contributed by atoms with Gasteiger partial charge in [-0.2, -0.15) is 4.39 Å². The zero-order chi connectivity index (χ0) is 18.0. The third kappa shape index (κ3) is 3.41. The Morgan fingerprint density at radius 1 is 1.04 bits per heavy atom. The van der Waals surface area contributed by atoms with E-state index in [4.69, 9.17) is 4.74 Å². The number of benzene rings is 2. The average Bonchev–Trinajstić information content (AvgIpc) is 2.54. The van der Waals surface area contributed by atoms with Crippen molar-refractivity contribution in [1.82, 2.24) is 0 Å². The van der Waals surface area contributed by atoms with Crippen molar-refractivity contribution in [2.45, 2.75) is 11.4 Å². The minimum Gasteiger partial charge on any atom is -0.612 e. The van der Waals surface area contributed by atoms with Gasteiger partial charge >= 0.3 is 0 Å². The number of hydrogen-bond acceptors (Lipinski definition) is 3. The summed E-state index contributed by atoms with van der Waals surface area (Å²) in [5.41, 5.74) is -0.478. The number of nitrogens with one attached hydrogen (secondary N) is 1. The SMILES string of the molecule is COc1ccc(NCc2c(F)c(F)c(F)c(F)c2[S+](C)[O-])cc1F. The van der Waals surface area contributed by atoms with Crippen LogP contribution in [0.3, 0.4) is 0 Å². The number of rotatable bonds is 5. The minimum absolute atomic E-state index is 0.0269. The molecule has 2 aromatic rings. The van der Waals surface area contributed by atoms with Gasteiger partial charge in [-0.25, -0.2) is 17.6 Å². The smallest absolute Gasteiger partial charge is 0.217 e. The molecule has 3 nitrogen and oxygen atoms in total. The first-order valence-electron chi connectivity index (χ1n) is 6.53. The molecule has 2 aromatic carbocycles. The van der Waals surface area contributed by atoms with Gasteiger partial charge in [0.15, 0.2) is 28.1 Å². The summed E-state index contributed by atoms with van der Waals surface area (Å²) in [6.45, 7) is -0.527. The van der Waals surface area contributed by atoms with Crippen LogP contribution >= 0.6 is 0 Å². The van der Waals surface area contributed by atoms with Crippen molar-refractivity contribution in [1.29, 1.82) is 0 Å². The van der Waals surface area contributed by atoms with Gasteiger partial charge in [-0.3, -0.25) is 0 Å². The lowest BCUT2D eigenvalue weighted by Gasteiger charge is -2.15. The van der Waals surface area contributed by atoms with Crippen molar-refractivity contribution in [3.05, 3.63) is 52.8 Å². The summed E-state index contributed by atoms with van der Waals surface area (Å²) in [4.78, 5) is -0.784. The van der Waals surface area contributed by atoms with Gasteiger partial charge in [0.1, 0.15) is 6.26 Å². The maximum atomic E-state index is 13.9. The molecule has 0 fully saturated rings. The fourth-order valence-electron chi connectivity index (χ4n) is 2.08. The lowest BCUT2D eigenvalue weighted by molar-refractivity contribution is 0.386. The molecule has 0 saturated carbocycles. The Balaban J connectivity index is 2.37. The highest BCUT2D eigenvalue weighted by atomic mass is 32.2. The van der Waals surface area contributed by atoms with E-state index in [9.17, 15) is 26.5 Å². The zero-order valence-electron chi connectivity index (χ0n) is 12.6. The fraction of sp³-hybridized carbons (Fsp3) is 0.200. The molecule has 1 unspecified atom stereocenters. The van der Waals surface area contributed by atoms with Gasteiger partial charge in [0.2, 0.25) is 11.6 Å². The Morgan fingerprint density at radius 3 is 2.21 bits per heavy atom. The Hall–Kier alpha value is -2.00. The molecule has 0 bridgehead atoms. The highest BCUT2D eigenvalue weighted by Gasteiger charge is 2.30. The monoisotopic (exact) mass is 365 g/mol. The molecular formula is C15H12F5NO2S. The summed E-state index contributed by atoms with van der Waals surface area (Å²) in [7, 11) is 1.27. The van der Waals surface area contributed by atoms with Crippen LogP contribution < -0.4 is 10.1 Å². The van der Waals surface area contributed by atoms with E-state index in [1.54, 1.807) is 0 Å². The fourth-order valence-corrected chi connectivity index (χ4v) is 2.93. The minimum atomic E-state index is -2.10. The van der Waals surface area contributed by atoms with Gasteiger partial charge in [-0.1, -0.05) is 0 Å². The number of halogens is 5. The lowest BCUT2D eigenvalue weighted by Crippen LogP contribution is -2.15. The van der Waals surface area contributed by atoms with Crippen LogP contribution in [-0.4, -0.2) is 17.9 Å². The van der Waals surface area contributed by atoms with Crippen LogP contribution in [0.1, 0.15) is 5.56 Å². The molecule has 0 aliphatic rings. The molecule has 0 saturated heterocycles. The van der Waals surface area contributed by atoms with Crippen molar-refractivity contribution in [2.75, 3.05) is 18.7 Å². The van der Waals surface area contributed by atoms with Gasteiger partial charge in [0.25, 0.3) is 0 Å². The standard InChI is InChI=1S/C15H12F5NO2S/c1-23-10-4-3-7(5-9(10)16)21-6-8-11(17)12(18)13(19)14(20)15(8)24(2)22/h3-5,21H,6H2,1-2H3. The number of hydrogen-bond donors (Lipinski definition) is 1. The quantitative estimate of drug-likeness (QED) is 0.380. The highest BCUT2D eigenvalue weighted by Crippen LogP contribution is 2.29. The first kappa shape index (κ1) is 18.3. The molecule has 1 atom stereocenters. The molecule has 9 heteroatoms. The molecule has 0 spiro atoms. The molecule has 2 rings (SSSR count). The van der Waals surface area contributed by atoms with E-state index in [1.807, 2.05) is 0 Å². The summed E-state index contributed by atoms with van der Waals surface area (Å²) >= 11 is -2.10. The third-order valence-electron chi connectivity index (χ3n) is 3.23. The molecule has 0 aliphatic carbocycles. The molecule has 0 radical (unpaired) electrons. The Labute approximate surface area is 137 Å². The number of ether oxygens (including phenoxy) is 1. The molecular weight excluding hydrogens is 353 g/mol. The van der Waals surface area contributed by atoms with Crippen molar-refractivity contribution < 1.29 is 31.2 Å². The predicted octanol–water partition coefficient (Wildman–Crippen LogP) is 3.74. The molecule has 1 N–H and O–H groups in total. The second kappa shape index (κ2) is 7.27. The second-order valence-electron chi connectivity index (χ2n) is 4.72. The summed E-state index contributed by atoms with van der Waals surface area (Å²) < 4.78 is 84.2. The van der Waals surface area contributed by atoms with Crippen LogP contribution in [0.2, 0.25) is 0 Å². The van der Waals surface area contributed by atoms with Crippen LogP contribution in [0.25, 0.3) is 0 Å². The average molecular weight is 365 g/mol. The lowest BCUT2D eigenvalue weighted by atomic mass is 10.1. The van der Waals surface area contributed by atoms with Crippen LogP contribution in [0.5, 0.6) is 5.75 Å². The molecule has 0 heterocycles. The van der Waals surface area contributed by atoms with E-state index in [1.165, 1.54) is 19.2 Å². The van der Waals surface area contributed by atoms with Gasteiger partial charge in [0, 0.05) is 18.3 Å². The van der Waals surface area contributed by atoms with Gasteiger partial charge in [-0.15, -0.1) is 0 Å². The molecule has 0 aliphatic heterocycles. The second-order valence-corrected chi connectivity index (χ2v) is 6.04. The van der Waals surface area contributed by atoms with Crippen LogP contribution in [-0.2, 0) is 17.7 Å². The van der Waals surface area contributed by atoms with E-state index in [2.05, 4.69) is 5.32 Å². The Kier molecular flexibility index (Phi) is 5.55. The predicted molar refractivity (Wildman–Crippen MR) is 78.9 cm³/mol. The Morgan fingerprint density at radius 2 is 1.67 bits per heavy atom. The summed E-state index contributed by atoms with van der Waals surface area (Å²) in [6, 6.07) is 3.70. The van der Waals surface area contributed by atoms with Crippen molar-refractivity contribution in [2.24, 2.45) is 0 Å². The van der Waals surface area contributed by atoms with E-state index in [0.717, 1.165) is 12.3 Å². The van der Waals surface area contributed by atoms with E-state index >= 15 is 0 Å². The van der Waals surface area contributed by atoms with Gasteiger partial charge < -0.3 is 14.6 Å². The summed E-state index contributed by atoms with van der Waals surface area (Å²) in [5.74, 6) is -8.14. The molecule has 0 aromatic heterocycles. The largest absolute Gasteiger partial charge is 0.612 e. The molecule has 24 heavy (non-hydrogen) atoms. The Bertz CT molecular complexity index is 770. The van der Waals surface area contributed by atoms with Crippen molar-refractivity contribution >= 4 is 16.9 Å². The van der Waals surface area contributed by atoms with Gasteiger partial charge in [0.05, 0.1) is 12.7 Å². The third-order valence-corrected chi connectivity index (χ3v) is 4.23. The van der Waals surface area contributed by atoms with Crippen LogP contribution in [0.15, 0.2) is 23.1 Å². The number of methoxy groups -OCH3 is 1. The van der Waals surface area contributed by atoms with Crippen LogP contribution in [0, 0.1) is 29.1 Å². The summed E-state index contributed by atoms with van der Waals surface area (Å²) in [5, 5.41) is 2.54. The maximum absolute atomic E-state index is 13.9. The van der Waals surface area contributed by atoms with Crippen molar-refractivity contribution in [3.63, 3.8) is 0 Å². The highest BCUT2D eigenvalue weighted by molar-refractivity contribution is 7.90. The van der Waals surface area contributed by atoms with E-state index in [-0.39, 0.29) is 11.4 Å². The zero-order valence-corrected chi connectivity index (χ0v) is 13.4. The topological polar surface area (TPSA) is 44.3 Å². The normalized spacial score (nSPS) is 12.2. The van der Waals surface area contributed by atoms with E-state index < -0.39 is 57.3 Å². The van der Waals surface area contributed by atoms with E-state index in [0.29, 0.717) is 0 Å². The number of anilines is 1. The molecule has 130 valence electrons. The van der Waals surface area contributed by atoms with Crippen LogP contribution in [0.4, 0.5) is 27.6 Å². The molecule has 0 amide bonds. The van der Waals surface area contributed by atoms with Gasteiger partial charge in [-0.05, 0) is 23.3 Å². The first-order valence-corrected chi connectivity index (χ1v) is 8.09. The summed E-state index contributed by atoms with van der Waals surface area (Å²) in [6.07, 6.45) is 1.01. The van der Waals surface area contributed by atoms with Crippen molar-refractivity contribution in [3.8, 4) is 5.75 Å².